The Hall–Kier alpha value is -3.35. The van der Waals surface area contributed by atoms with Crippen molar-refractivity contribution in [3.8, 4) is 11.8 Å². The third-order valence-electron chi connectivity index (χ3n) is 4.56. The van der Waals surface area contributed by atoms with Crippen LogP contribution in [0.5, 0.6) is 0 Å². The number of hydrogen-bond acceptors (Lipinski definition) is 2. The van der Waals surface area contributed by atoms with E-state index in [1.54, 1.807) is 24.3 Å². The first-order valence-corrected chi connectivity index (χ1v) is 10.6. The second kappa shape index (κ2) is 7.72. The third kappa shape index (κ3) is 3.98. The van der Waals surface area contributed by atoms with Gasteiger partial charge in [0.15, 0.2) is 9.84 Å². The molecule has 0 atom stereocenters. The summed E-state index contributed by atoms with van der Waals surface area (Å²) in [6.07, 6.45) is 0. The fourth-order valence-corrected chi connectivity index (χ4v) is 4.49. The summed E-state index contributed by atoms with van der Waals surface area (Å²) < 4.78 is 25.5. The zero-order valence-corrected chi connectivity index (χ0v) is 16.0. The molecule has 136 valence electrons. The van der Waals surface area contributed by atoms with Gasteiger partial charge in [-0.3, -0.25) is 0 Å². The Morgan fingerprint density at radius 2 is 1.32 bits per heavy atom. The molecule has 0 spiro atoms. The Balaban J connectivity index is 1.66. The number of hydrogen-bond donors (Lipinski definition) is 0. The topological polar surface area (TPSA) is 34.1 Å². The lowest BCUT2D eigenvalue weighted by molar-refractivity contribution is 0.595. The minimum atomic E-state index is -3.42. The van der Waals surface area contributed by atoms with Gasteiger partial charge in [0.2, 0.25) is 0 Å². The molecule has 0 aliphatic heterocycles. The third-order valence-corrected chi connectivity index (χ3v) is 6.24. The van der Waals surface area contributed by atoms with Crippen molar-refractivity contribution < 1.29 is 8.42 Å². The smallest absolute Gasteiger partial charge is 0.182 e. The summed E-state index contributed by atoms with van der Waals surface area (Å²) in [4.78, 5) is 0.326. The maximum atomic E-state index is 12.7. The normalized spacial score (nSPS) is 11.0. The number of benzene rings is 4. The molecule has 28 heavy (non-hydrogen) atoms. The molecule has 0 saturated heterocycles. The van der Waals surface area contributed by atoms with E-state index in [-0.39, 0.29) is 5.75 Å². The van der Waals surface area contributed by atoms with Crippen molar-refractivity contribution in [3.63, 3.8) is 0 Å². The van der Waals surface area contributed by atoms with Gasteiger partial charge in [-0.15, -0.1) is 0 Å². The van der Waals surface area contributed by atoms with Crippen molar-refractivity contribution in [3.05, 3.63) is 114 Å². The molecule has 0 N–H and O–H groups in total. The van der Waals surface area contributed by atoms with Crippen LogP contribution >= 0.6 is 0 Å². The molecule has 2 nitrogen and oxygen atoms in total. The lowest BCUT2D eigenvalue weighted by Crippen LogP contribution is -2.06. The van der Waals surface area contributed by atoms with Gasteiger partial charge in [-0.05, 0) is 46.7 Å². The van der Waals surface area contributed by atoms with Gasteiger partial charge in [0.1, 0.15) is 0 Å². The van der Waals surface area contributed by atoms with E-state index in [0.29, 0.717) is 10.5 Å². The summed E-state index contributed by atoms with van der Waals surface area (Å²) in [6, 6.07) is 30.2. The molecule has 0 bridgehead atoms. The van der Waals surface area contributed by atoms with Gasteiger partial charge >= 0.3 is 0 Å². The van der Waals surface area contributed by atoms with Crippen LogP contribution in [0.2, 0.25) is 0 Å². The maximum Gasteiger partial charge on any atom is 0.182 e. The Bertz CT molecular complexity index is 1290. The van der Waals surface area contributed by atoms with Gasteiger partial charge in [0.05, 0.1) is 10.6 Å². The number of sulfone groups is 1. The minimum absolute atomic E-state index is 0.0699. The second-order valence-electron chi connectivity index (χ2n) is 6.54. The molecule has 0 aromatic heterocycles. The van der Waals surface area contributed by atoms with Crippen LogP contribution in [0.1, 0.15) is 16.7 Å². The van der Waals surface area contributed by atoms with E-state index in [1.165, 1.54) is 5.39 Å². The highest BCUT2D eigenvalue weighted by molar-refractivity contribution is 7.90. The Morgan fingerprint density at radius 1 is 0.643 bits per heavy atom. The zero-order chi connectivity index (χ0) is 19.4. The molecule has 0 aliphatic carbocycles. The highest BCUT2D eigenvalue weighted by Crippen LogP contribution is 2.19. The quantitative estimate of drug-likeness (QED) is 0.456. The molecular weight excluding hydrogens is 364 g/mol. The molecule has 0 fully saturated rings. The minimum Gasteiger partial charge on any atom is -0.223 e. The van der Waals surface area contributed by atoms with Crippen molar-refractivity contribution in [1.29, 1.82) is 0 Å². The van der Waals surface area contributed by atoms with E-state index in [1.807, 2.05) is 60.7 Å². The highest BCUT2D eigenvalue weighted by atomic mass is 32.2. The fraction of sp³-hybridized carbons (Fsp3) is 0.0400. The van der Waals surface area contributed by atoms with Crippen LogP contribution in [-0.4, -0.2) is 8.42 Å². The average Bonchev–Trinajstić information content (AvgIpc) is 2.73. The standard InChI is InChI=1S/C25H18O2S/c26-28(27,25-12-2-1-3-13-25)19-24-11-7-5-9-22(24)17-15-20-14-16-21-8-4-6-10-23(21)18-20/h1-14,16,18H,19H2. The number of rotatable bonds is 3. The molecule has 4 aromatic carbocycles. The number of fused-ring (bicyclic) bond motifs is 1. The molecule has 4 aromatic rings. The van der Waals surface area contributed by atoms with Crippen LogP contribution < -0.4 is 0 Å². The van der Waals surface area contributed by atoms with Crippen molar-refractivity contribution in [2.45, 2.75) is 10.6 Å². The van der Waals surface area contributed by atoms with E-state index >= 15 is 0 Å². The fourth-order valence-electron chi connectivity index (χ4n) is 3.09. The van der Waals surface area contributed by atoms with Crippen LogP contribution in [0.3, 0.4) is 0 Å². The maximum absolute atomic E-state index is 12.7. The Kier molecular flexibility index (Phi) is 4.97. The monoisotopic (exact) mass is 382 g/mol. The van der Waals surface area contributed by atoms with Gasteiger partial charge in [-0.1, -0.05) is 78.6 Å². The first kappa shape index (κ1) is 18.0. The molecule has 0 saturated carbocycles. The summed E-state index contributed by atoms with van der Waals surface area (Å²) in [5, 5.41) is 2.30. The lowest BCUT2D eigenvalue weighted by Gasteiger charge is -2.06. The largest absolute Gasteiger partial charge is 0.223 e. The predicted octanol–water partition coefficient (Wildman–Crippen LogP) is 5.21. The van der Waals surface area contributed by atoms with Crippen molar-refractivity contribution in [2.24, 2.45) is 0 Å². The van der Waals surface area contributed by atoms with E-state index in [4.69, 9.17) is 0 Å². The van der Waals surface area contributed by atoms with Crippen LogP contribution in [0.4, 0.5) is 0 Å². The SMILES string of the molecule is O=S(=O)(Cc1ccccc1C#Cc1ccc2ccccc2c1)c1ccccc1. The summed E-state index contributed by atoms with van der Waals surface area (Å²) in [7, 11) is -3.42. The first-order valence-electron chi connectivity index (χ1n) is 8.98. The lowest BCUT2D eigenvalue weighted by atomic mass is 10.1. The van der Waals surface area contributed by atoms with Gasteiger partial charge in [0.25, 0.3) is 0 Å². The van der Waals surface area contributed by atoms with E-state index < -0.39 is 9.84 Å². The van der Waals surface area contributed by atoms with Crippen LogP contribution in [0.25, 0.3) is 10.8 Å². The molecule has 0 unspecified atom stereocenters. The second-order valence-corrected chi connectivity index (χ2v) is 8.53. The average molecular weight is 382 g/mol. The molecule has 3 heteroatoms. The van der Waals surface area contributed by atoms with Gasteiger partial charge < -0.3 is 0 Å². The molecule has 0 aliphatic rings. The van der Waals surface area contributed by atoms with Gasteiger partial charge in [-0.2, -0.15) is 0 Å². The summed E-state index contributed by atoms with van der Waals surface area (Å²) in [5.74, 6) is 6.26. The predicted molar refractivity (Wildman–Crippen MR) is 114 cm³/mol. The van der Waals surface area contributed by atoms with Crippen LogP contribution in [-0.2, 0) is 15.6 Å². The van der Waals surface area contributed by atoms with Crippen molar-refractivity contribution in [1.82, 2.24) is 0 Å². The molecular formula is C25H18O2S. The molecule has 0 amide bonds. The van der Waals surface area contributed by atoms with Crippen LogP contribution in [0.15, 0.2) is 102 Å². The van der Waals surface area contributed by atoms with Crippen molar-refractivity contribution in [2.75, 3.05) is 0 Å². The summed E-state index contributed by atoms with van der Waals surface area (Å²) in [5.41, 5.74) is 2.34. The highest BCUT2D eigenvalue weighted by Gasteiger charge is 2.16. The van der Waals surface area contributed by atoms with Crippen molar-refractivity contribution >= 4 is 20.6 Å². The molecule has 4 rings (SSSR count). The van der Waals surface area contributed by atoms with E-state index in [9.17, 15) is 8.42 Å². The van der Waals surface area contributed by atoms with E-state index in [2.05, 4.69) is 24.0 Å². The summed E-state index contributed by atoms with van der Waals surface area (Å²) in [6.45, 7) is 0. The van der Waals surface area contributed by atoms with Gasteiger partial charge in [0, 0.05) is 11.1 Å². The van der Waals surface area contributed by atoms with Crippen LogP contribution in [0, 0.1) is 11.8 Å². The van der Waals surface area contributed by atoms with Gasteiger partial charge in [-0.25, -0.2) is 8.42 Å². The Labute approximate surface area is 165 Å². The summed E-state index contributed by atoms with van der Waals surface area (Å²) >= 11 is 0. The molecule has 0 radical (unpaired) electrons. The first-order chi connectivity index (χ1) is 13.6. The molecule has 0 heterocycles. The Morgan fingerprint density at radius 3 is 2.14 bits per heavy atom. The zero-order valence-electron chi connectivity index (χ0n) is 15.2. The van der Waals surface area contributed by atoms with E-state index in [0.717, 1.165) is 16.5 Å².